The minimum absolute atomic E-state index is 0.217. The van der Waals surface area contributed by atoms with Gasteiger partial charge in [0.25, 0.3) is 5.89 Å². The molecule has 0 amide bonds. The summed E-state index contributed by atoms with van der Waals surface area (Å²) < 4.78 is 21.6. The first-order valence-corrected chi connectivity index (χ1v) is 8.84. The summed E-state index contributed by atoms with van der Waals surface area (Å²) in [6.45, 7) is 8.45. The van der Waals surface area contributed by atoms with Gasteiger partial charge in [0.2, 0.25) is 0 Å². The Morgan fingerprint density at radius 3 is 2.81 bits per heavy atom. The zero-order chi connectivity index (χ0) is 18.2. The Balaban J connectivity index is 1.46. The number of benzene rings is 1. The van der Waals surface area contributed by atoms with Crippen molar-refractivity contribution in [1.82, 2.24) is 20.4 Å². The van der Waals surface area contributed by atoms with Crippen molar-refractivity contribution in [3.63, 3.8) is 0 Å². The third kappa shape index (κ3) is 5.42. The monoisotopic (exact) mass is 362 g/mol. The van der Waals surface area contributed by atoms with Crippen LogP contribution < -0.4 is 14.8 Å². The fourth-order valence-corrected chi connectivity index (χ4v) is 2.77. The lowest BCUT2D eigenvalue weighted by Crippen LogP contribution is -2.40. The van der Waals surface area contributed by atoms with Crippen LogP contribution in [0.4, 0.5) is 0 Å². The first-order chi connectivity index (χ1) is 12.7. The van der Waals surface area contributed by atoms with Gasteiger partial charge < -0.3 is 24.1 Å². The average Bonchev–Trinajstić information content (AvgIpc) is 3.10. The van der Waals surface area contributed by atoms with E-state index in [0.717, 1.165) is 51.5 Å². The molecule has 1 fully saturated rings. The summed E-state index contributed by atoms with van der Waals surface area (Å²) >= 11 is 0. The van der Waals surface area contributed by atoms with Crippen molar-refractivity contribution < 1.29 is 18.7 Å². The van der Waals surface area contributed by atoms with Crippen LogP contribution in [-0.4, -0.2) is 61.5 Å². The van der Waals surface area contributed by atoms with Crippen LogP contribution in [0, 0.1) is 6.92 Å². The van der Waals surface area contributed by atoms with Crippen LogP contribution in [-0.2, 0) is 17.9 Å². The second kappa shape index (κ2) is 9.51. The zero-order valence-electron chi connectivity index (χ0n) is 15.4. The number of hydrogen-bond donors (Lipinski definition) is 1. The van der Waals surface area contributed by atoms with Crippen LogP contribution in [0.5, 0.6) is 11.5 Å². The second-order valence-electron chi connectivity index (χ2n) is 6.14. The number of hydrogen-bond acceptors (Lipinski definition) is 8. The lowest BCUT2D eigenvalue weighted by molar-refractivity contribution is 0.0384. The average molecular weight is 362 g/mol. The zero-order valence-corrected chi connectivity index (χ0v) is 15.4. The van der Waals surface area contributed by atoms with Crippen LogP contribution in [0.25, 0.3) is 0 Å². The molecule has 1 N–H and O–H groups in total. The smallest absolute Gasteiger partial charge is 0.264 e. The van der Waals surface area contributed by atoms with Gasteiger partial charge in [0.05, 0.1) is 20.3 Å². The van der Waals surface area contributed by atoms with Gasteiger partial charge in [-0.3, -0.25) is 4.90 Å². The van der Waals surface area contributed by atoms with Gasteiger partial charge in [-0.2, -0.15) is 4.98 Å². The number of ether oxygens (including phenoxy) is 3. The Kier molecular flexibility index (Phi) is 6.82. The molecular weight excluding hydrogens is 336 g/mol. The molecule has 0 saturated carbocycles. The molecule has 1 saturated heterocycles. The maximum absolute atomic E-state index is 5.73. The Bertz CT molecular complexity index is 686. The predicted molar refractivity (Wildman–Crippen MR) is 95.3 cm³/mol. The summed E-state index contributed by atoms with van der Waals surface area (Å²) in [6.07, 6.45) is 0. The van der Waals surface area contributed by atoms with Crippen LogP contribution in [0.1, 0.15) is 17.3 Å². The van der Waals surface area contributed by atoms with Gasteiger partial charge in [-0.05, 0) is 24.6 Å². The van der Waals surface area contributed by atoms with Gasteiger partial charge in [-0.1, -0.05) is 11.2 Å². The van der Waals surface area contributed by atoms with Gasteiger partial charge in [0.1, 0.15) is 0 Å². The third-order valence-corrected chi connectivity index (χ3v) is 4.19. The largest absolute Gasteiger partial charge is 0.493 e. The summed E-state index contributed by atoms with van der Waals surface area (Å²) in [6, 6.07) is 5.91. The summed E-state index contributed by atoms with van der Waals surface area (Å²) in [5.74, 6) is 2.38. The molecule has 0 spiro atoms. The molecule has 0 atom stereocenters. The number of aromatic nitrogens is 2. The van der Waals surface area contributed by atoms with E-state index >= 15 is 0 Å². The lowest BCUT2D eigenvalue weighted by Gasteiger charge is -2.26. The number of aryl methyl sites for hydroxylation is 1. The van der Waals surface area contributed by atoms with Gasteiger partial charge in [-0.15, -0.1) is 0 Å². The molecule has 1 aliphatic rings. The molecule has 0 radical (unpaired) electrons. The fourth-order valence-electron chi connectivity index (χ4n) is 2.77. The van der Waals surface area contributed by atoms with Crippen LogP contribution in [0.3, 0.4) is 0 Å². The van der Waals surface area contributed by atoms with Crippen LogP contribution in [0.2, 0.25) is 0 Å². The highest BCUT2D eigenvalue weighted by atomic mass is 16.5. The lowest BCUT2D eigenvalue weighted by atomic mass is 10.2. The first kappa shape index (κ1) is 18.6. The molecule has 0 aliphatic carbocycles. The number of nitrogens with zero attached hydrogens (tertiary/aromatic N) is 3. The molecule has 2 heterocycles. The van der Waals surface area contributed by atoms with Crippen molar-refractivity contribution in [2.24, 2.45) is 0 Å². The third-order valence-electron chi connectivity index (χ3n) is 4.19. The van der Waals surface area contributed by atoms with E-state index in [1.165, 1.54) is 0 Å². The van der Waals surface area contributed by atoms with E-state index in [1.54, 1.807) is 14.0 Å². The summed E-state index contributed by atoms with van der Waals surface area (Å²) in [7, 11) is 1.63. The van der Waals surface area contributed by atoms with E-state index in [2.05, 4.69) is 20.4 Å². The minimum Gasteiger partial charge on any atom is -0.493 e. The molecule has 2 aromatic rings. The molecule has 1 aliphatic heterocycles. The molecule has 0 bridgehead atoms. The van der Waals surface area contributed by atoms with Crippen molar-refractivity contribution in [2.75, 3.05) is 46.5 Å². The second-order valence-corrected chi connectivity index (χ2v) is 6.14. The standard InChI is InChI=1S/C18H26N4O4/c1-14-20-18(26-21-14)13-25-16-4-3-15(11-17(16)23-2)12-19-5-6-22-7-9-24-10-8-22/h3-4,11,19H,5-10,12-13H2,1-2H3. The molecule has 26 heavy (non-hydrogen) atoms. The van der Waals surface area contributed by atoms with Gasteiger partial charge >= 0.3 is 0 Å². The molecular formula is C18H26N4O4. The van der Waals surface area contributed by atoms with Crippen molar-refractivity contribution in [3.05, 3.63) is 35.5 Å². The van der Waals surface area contributed by atoms with E-state index < -0.39 is 0 Å². The highest BCUT2D eigenvalue weighted by Gasteiger charge is 2.11. The summed E-state index contributed by atoms with van der Waals surface area (Å²) in [5.41, 5.74) is 1.14. The van der Waals surface area contributed by atoms with Crippen LogP contribution in [0.15, 0.2) is 22.7 Å². The molecule has 3 rings (SSSR count). The molecule has 0 unspecified atom stereocenters. The van der Waals surface area contributed by atoms with Gasteiger partial charge in [0, 0.05) is 32.7 Å². The first-order valence-electron chi connectivity index (χ1n) is 8.84. The molecule has 142 valence electrons. The predicted octanol–water partition coefficient (Wildman–Crippen LogP) is 1.39. The SMILES string of the molecule is COc1cc(CNCCN2CCOCC2)ccc1OCc1nc(C)no1. The molecule has 1 aromatic carbocycles. The van der Waals surface area contributed by atoms with E-state index in [-0.39, 0.29) is 6.61 Å². The van der Waals surface area contributed by atoms with Gasteiger partial charge in [-0.25, -0.2) is 0 Å². The minimum atomic E-state index is 0.217. The summed E-state index contributed by atoms with van der Waals surface area (Å²) in [5, 5.41) is 7.21. The number of morpholine rings is 1. The van der Waals surface area contributed by atoms with E-state index in [9.17, 15) is 0 Å². The fraction of sp³-hybridized carbons (Fsp3) is 0.556. The topological polar surface area (TPSA) is 81.9 Å². The normalized spacial score (nSPS) is 15.2. The summed E-state index contributed by atoms with van der Waals surface area (Å²) in [4.78, 5) is 6.53. The number of nitrogens with one attached hydrogen (secondary N) is 1. The highest BCUT2D eigenvalue weighted by molar-refractivity contribution is 5.42. The van der Waals surface area contributed by atoms with E-state index in [1.807, 2.05) is 18.2 Å². The quantitative estimate of drug-likeness (QED) is 0.670. The highest BCUT2D eigenvalue weighted by Crippen LogP contribution is 2.28. The maximum atomic E-state index is 5.73. The molecule has 1 aromatic heterocycles. The Labute approximate surface area is 153 Å². The van der Waals surface area contributed by atoms with E-state index in [0.29, 0.717) is 23.2 Å². The van der Waals surface area contributed by atoms with Gasteiger partial charge in [0.15, 0.2) is 23.9 Å². The van der Waals surface area contributed by atoms with Crippen LogP contribution >= 0.6 is 0 Å². The van der Waals surface area contributed by atoms with Crippen molar-refractivity contribution >= 4 is 0 Å². The number of rotatable bonds is 9. The van der Waals surface area contributed by atoms with Crippen molar-refractivity contribution in [2.45, 2.75) is 20.1 Å². The van der Waals surface area contributed by atoms with Crippen molar-refractivity contribution in [3.8, 4) is 11.5 Å². The molecule has 8 nitrogen and oxygen atoms in total. The maximum Gasteiger partial charge on any atom is 0.264 e. The Hall–Kier alpha value is -2.16. The number of methoxy groups -OCH3 is 1. The Morgan fingerprint density at radius 1 is 1.23 bits per heavy atom. The van der Waals surface area contributed by atoms with Crippen molar-refractivity contribution in [1.29, 1.82) is 0 Å². The Morgan fingerprint density at radius 2 is 2.08 bits per heavy atom. The van der Waals surface area contributed by atoms with E-state index in [4.69, 9.17) is 18.7 Å². The molecule has 8 heteroatoms.